The monoisotopic (exact) mass is 473 g/mol. The van der Waals surface area contributed by atoms with Crippen LogP contribution in [0.3, 0.4) is 0 Å². The first kappa shape index (κ1) is 23.6. The Balaban J connectivity index is 1.49. The van der Waals surface area contributed by atoms with Crippen LogP contribution in [0.15, 0.2) is 88.8 Å². The van der Waals surface area contributed by atoms with Crippen LogP contribution in [0.5, 0.6) is 5.75 Å². The fourth-order valence-electron chi connectivity index (χ4n) is 3.68. The molecule has 0 radical (unpaired) electrons. The molecule has 0 spiro atoms. The molecule has 0 aliphatic rings. The summed E-state index contributed by atoms with van der Waals surface area (Å²) in [6.07, 6.45) is 0.326. The summed E-state index contributed by atoms with van der Waals surface area (Å²) in [4.78, 5) is 30.5. The maximum absolute atomic E-state index is 13.3. The van der Waals surface area contributed by atoms with E-state index in [1.54, 1.807) is 17.7 Å². The van der Waals surface area contributed by atoms with Crippen LogP contribution in [-0.4, -0.2) is 28.3 Å². The van der Waals surface area contributed by atoms with Crippen molar-refractivity contribution in [3.63, 3.8) is 0 Å². The maximum Gasteiger partial charge on any atom is 0.262 e. The van der Waals surface area contributed by atoms with E-state index in [9.17, 15) is 9.59 Å². The Hall–Kier alpha value is -3.58. The molecule has 3 aromatic carbocycles. The molecule has 0 bridgehead atoms. The van der Waals surface area contributed by atoms with Gasteiger partial charge >= 0.3 is 0 Å². The lowest BCUT2D eigenvalue weighted by Crippen LogP contribution is -2.27. The van der Waals surface area contributed by atoms with Crippen LogP contribution >= 0.6 is 11.8 Å². The van der Waals surface area contributed by atoms with E-state index in [2.05, 4.69) is 5.32 Å². The van der Waals surface area contributed by atoms with Gasteiger partial charge in [-0.1, -0.05) is 66.4 Å². The number of hydrogen-bond donors (Lipinski definition) is 1. The number of para-hydroxylation sites is 1. The maximum atomic E-state index is 13.3. The highest BCUT2D eigenvalue weighted by molar-refractivity contribution is 7.99. The Bertz CT molecular complexity index is 1320. The molecule has 0 saturated heterocycles. The summed E-state index contributed by atoms with van der Waals surface area (Å²) >= 11 is 1.42. The average Bonchev–Trinajstić information content (AvgIpc) is 2.87. The SMILES string of the molecule is COc1ccc(Cn2c(SCCC(=O)N[C@@H](C)c3ccccc3)nc3ccccc3c2=O)cc1. The normalized spacial score (nSPS) is 11.8. The van der Waals surface area contributed by atoms with Crippen LogP contribution in [0.2, 0.25) is 0 Å². The number of amides is 1. The van der Waals surface area contributed by atoms with E-state index in [1.165, 1.54) is 11.8 Å². The summed E-state index contributed by atoms with van der Waals surface area (Å²) in [6.45, 7) is 2.36. The number of benzene rings is 3. The van der Waals surface area contributed by atoms with Crippen LogP contribution < -0.4 is 15.6 Å². The van der Waals surface area contributed by atoms with Gasteiger partial charge in [-0.15, -0.1) is 0 Å². The summed E-state index contributed by atoms with van der Waals surface area (Å²) in [5.74, 6) is 1.24. The van der Waals surface area contributed by atoms with Gasteiger partial charge in [0.1, 0.15) is 5.75 Å². The molecule has 6 nitrogen and oxygen atoms in total. The minimum atomic E-state index is -0.0916. The zero-order chi connectivity index (χ0) is 23.9. The second-order valence-electron chi connectivity index (χ2n) is 7.95. The van der Waals surface area contributed by atoms with E-state index in [0.29, 0.717) is 34.8 Å². The lowest BCUT2D eigenvalue weighted by atomic mass is 10.1. The number of aromatic nitrogens is 2. The highest BCUT2D eigenvalue weighted by atomic mass is 32.2. The number of nitrogens with one attached hydrogen (secondary N) is 1. The number of fused-ring (bicyclic) bond motifs is 1. The number of carbonyl (C=O) groups excluding carboxylic acids is 1. The Morgan fingerprint density at radius 1 is 1.03 bits per heavy atom. The van der Waals surface area contributed by atoms with E-state index in [1.807, 2.05) is 79.7 Å². The lowest BCUT2D eigenvalue weighted by Gasteiger charge is -2.15. The van der Waals surface area contributed by atoms with Gasteiger partial charge < -0.3 is 10.1 Å². The van der Waals surface area contributed by atoms with E-state index in [4.69, 9.17) is 9.72 Å². The third-order valence-electron chi connectivity index (χ3n) is 5.56. The molecular formula is C27H27N3O3S. The zero-order valence-corrected chi connectivity index (χ0v) is 20.0. The molecule has 4 rings (SSSR count). The first-order chi connectivity index (χ1) is 16.5. The molecule has 0 aliphatic carbocycles. The second kappa shape index (κ2) is 11.0. The average molecular weight is 474 g/mol. The highest BCUT2D eigenvalue weighted by Gasteiger charge is 2.14. The van der Waals surface area contributed by atoms with Crippen molar-refractivity contribution in [1.29, 1.82) is 0 Å². The summed E-state index contributed by atoms with van der Waals surface area (Å²) in [7, 11) is 1.62. The van der Waals surface area contributed by atoms with Crippen LogP contribution in [0.1, 0.15) is 30.5 Å². The largest absolute Gasteiger partial charge is 0.497 e. The van der Waals surface area contributed by atoms with Crippen LogP contribution in [0.4, 0.5) is 0 Å². The van der Waals surface area contributed by atoms with Gasteiger partial charge in [0, 0.05) is 12.2 Å². The third kappa shape index (κ3) is 5.66. The topological polar surface area (TPSA) is 73.2 Å². The zero-order valence-electron chi connectivity index (χ0n) is 19.2. The van der Waals surface area contributed by atoms with Crippen molar-refractivity contribution < 1.29 is 9.53 Å². The van der Waals surface area contributed by atoms with Gasteiger partial charge in [-0.25, -0.2) is 4.98 Å². The molecule has 34 heavy (non-hydrogen) atoms. The molecular weight excluding hydrogens is 446 g/mol. The quantitative estimate of drug-likeness (QED) is 0.279. The van der Waals surface area contributed by atoms with Crippen LogP contribution in [-0.2, 0) is 11.3 Å². The molecule has 0 aliphatic heterocycles. The Morgan fingerprint density at radius 2 is 1.74 bits per heavy atom. The van der Waals surface area contributed by atoms with E-state index < -0.39 is 0 Å². The van der Waals surface area contributed by atoms with Crippen molar-refractivity contribution >= 4 is 28.6 Å². The molecule has 0 unspecified atom stereocenters. The summed E-state index contributed by atoms with van der Waals surface area (Å²) in [5, 5.41) is 4.21. The molecule has 1 aromatic heterocycles. The van der Waals surface area contributed by atoms with Gasteiger partial charge in [0.25, 0.3) is 5.56 Å². The Kier molecular flexibility index (Phi) is 7.65. The molecule has 1 N–H and O–H groups in total. The fourth-order valence-corrected chi connectivity index (χ4v) is 4.62. The number of nitrogens with zero attached hydrogens (tertiary/aromatic N) is 2. The van der Waals surface area contributed by atoms with Gasteiger partial charge in [-0.05, 0) is 42.3 Å². The highest BCUT2D eigenvalue weighted by Crippen LogP contribution is 2.21. The van der Waals surface area contributed by atoms with Crippen LogP contribution in [0.25, 0.3) is 10.9 Å². The smallest absolute Gasteiger partial charge is 0.262 e. The number of thioether (sulfide) groups is 1. The molecule has 7 heteroatoms. The third-order valence-corrected chi connectivity index (χ3v) is 6.54. The molecule has 1 heterocycles. The van der Waals surface area contributed by atoms with Crippen molar-refractivity contribution in [3.05, 3.63) is 100 Å². The summed E-state index contributed by atoms with van der Waals surface area (Å²) in [5.41, 5.74) is 2.60. The summed E-state index contributed by atoms with van der Waals surface area (Å²) < 4.78 is 6.91. The van der Waals surface area contributed by atoms with E-state index >= 15 is 0 Å². The number of ether oxygens (including phenoxy) is 1. The van der Waals surface area contributed by atoms with Crippen molar-refractivity contribution in [2.75, 3.05) is 12.9 Å². The lowest BCUT2D eigenvalue weighted by molar-refractivity contribution is -0.121. The van der Waals surface area contributed by atoms with Crippen molar-refractivity contribution in [3.8, 4) is 5.75 Å². The predicted molar refractivity (Wildman–Crippen MR) is 136 cm³/mol. The van der Waals surface area contributed by atoms with Gasteiger partial charge in [0.2, 0.25) is 5.91 Å². The Labute approximate surface area is 203 Å². The van der Waals surface area contributed by atoms with Crippen molar-refractivity contribution in [2.24, 2.45) is 0 Å². The van der Waals surface area contributed by atoms with Gasteiger partial charge in [0.05, 0.1) is 30.6 Å². The van der Waals surface area contributed by atoms with Gasteiger partial charge in [-0.2, -0.15) is 0 Å². The number of methoxy groups -OCH3 is 1. The first-order valence-corrected chi connectivity index (χ1v) is 12.1. The minimum absolute atomic E-state index is 0.0336. The first-order valence-electron chi connectivity index (χ1n) is 11.1. The van der Waals surface area contributed by atoms with Crippen LogP contribution in [0, 0.1) is 0 Å². The van der Waals surface area contributed by atoms with E-state index in [-0.39, 0.29) is 17.5 Å². The molecule has 0 fully saturated rings. The molecule has 0 saturated carbocycles. The molecule has 1 atom stereocenters. The fraction of sp³-hybridized carbons (Fsp3) is 0.222. The standard InChI is InChI=1S/C27H27N3O3S/c1-19(21-8-4-3-5-9-21)28-25(31)16-17-34-27-29-24-11-7-6-10-23(24)26(32)30(27)18-20-12-14-22(33-2)15-13-20/h3-15,19H,16-18H2,1-2H3,(H,28,31)/t19-/m0/s1. The second-order valence-corrected chi connectivity index (χ2v) is 9.01. The summed E-state index contributed by atoms with van der Waals surface area (Å²) in [6, 6.07) is 24.8. The van der Waals surface area contributed by atoms with E-state index in [0.717, 1.165) is 16.9 Å². The molecule has 1 amide bonds. The minimum Gasteiger partial charge on any atom is -0.497 e. The van der Waals surface area contributed by atoms with Crippen molar-refractivity contribution in [2.45, 2.75) is 31.1 Å². The number of hydrogen-bond acceptors (Lipinski definition) is 5. The molecule has 174 valence electrons. The Morgan fingerprint density at radius 3 is 2.47 bits per heavy atom. The number of rotatable bonds is 9. The predicted octanol–water partition coefficient (Wildman–Crippen LogP) is 4.81. The van der Waals surface area contributed by atoms with Crippen molar-refractivity contribution in [1.82, 2.24) is 14.9 Å². The van der Waals surface area contributed by atoms with Gasteiger partial charge in [0.15, 0.2) is 5.16 Å². The number of carbonyl (C=O) groups is 1. The molecule has 4 aromatic rings. The van der Waals surface area contributed by atoms with Gasteiger partial charge in [-0.3, -0.25) is 14.2 Å².